The van der Waals surface area contributed by atoms with Crippen molar-refractivity contribution in [3.05, 3.63) is 0 Å². The summed E-state index contributed by atoms with van der Waals surface area (Å²) in [6.45, 7) is 10.1. The summed E-state index contributed by atoms with van der Waals surface area (Å²) in [5.74, 6) is 0.168. The van der Waals surface area contributed by atoms with E-state index in [9.17, 15) is 4.79 Å². The van der Waals surface area contributed by atoms with Crippen LogP contribution in [0.15, 0.2) is 0 Å². The summed E-state index contributed by atoms with van der Waals surface area (Å²) in [5, 5.41) is 0. The lowest BCUT2D eigenvalue weighted by Gasteiger charge is -2.27. The number of hydrogen-bond acceptors (Lipinski definition) is 3. The highest BCUT2D eigenvalue weighted by atomic mass is 16.5. The van der Waals surface area contributed by atoms with Crippen LogP contribution < -0.4 is 5.73 Å². The van der Waals surface area contributed by atoms with Crippen LogP contribution in [0.5, 0.6) is 0 Å². The Labute approximate surface area is 87.0 Å². The van der Waals surface area contributed by atoms with Crippen LogP contribution in [-0.4, -0.2) is 18.6 Å². The van der Waals surface area contributed by atoms with E-state index >= 15 is 0 Å². The van der Waals surface area contributed by atoms with E-state index in [1.165, 1.54) is 0 Å². The standard InChI is InChI=1S/C11H23NO2/c1-6-11(5,7-12)10(13)14-9(4)8(2)3/h8-9H,6-7,12H2,1-5H3. The van der Waals surface area contributed by atoms with Crippen molar-refractivity contribution >= 4 is 5.97 Å². The lowest BCUT2D eigenvalue weighted by molar-refractivity contribution is -0.161. The normalized spacial score (nSPS) is 17.6. The molecule has 0 aliphatic rings. The Balaban J connectivity index is 4.32. The van der Waals surface area contributed by atoms with Gasteiger partial charge in [-0.1, -0.05) is 20.8 Å². The second-order valence-electron chi connectivity index (χ2n) is 4.47. The third-order valence-electron chi connectivity index (χ3n) is 2.96. The maximum Gasteiger partial charge on any atom is 0.313 e. The molecule has 2 N–H and O–H groups in total. The largest absolute Gasteiger partial charge is 0.462 e. The van der Waals surface area contributed by atoms with E-state index in [0.29, 0.717) is 18.9 Å². The maximum atomic E-state index is 11.7. The minimum Gasteiger partial charge on any atom is -0.462 e. The zero-order valence-corrected chi connectivity index (χ0v) is 9.96. The monoisotopic (exact) mass is 201 g/mol. The minimum atomic E-state index is -0.525. The highest BCUT2D eigenvalue weighted by molar-refractivity contribution is 5.76. The van der Waals surface area contributed by atoms with Crippen molar-refractivity contribution in [1.29, 1.82) is 0 Å². The highest BCUT2D eigenvalue weighted by Crippen LogP contribution is 2.23. The molecule has 0 saturated heterocycles. The summed E-state index contributed by atoms with van der Waals surface area (Å²) in [7, 11) is 0. The molecule has 3 heteroatoms. The van der Waals surface area contributed by atoms with Crippen LogP contribution in [0.3, 0.4) is 0 Å². The third kappa shape index (κ3) is 3.29. The van der Waals surface area contributed by atoms with Crippen LogP contribution in [0.1, 0.15) is 41.0 Å². The summed E-state index contributed by atoms with van der Waals surface area (Å²) >= 11 is 0. The van der Waals surface area contributed by atoms with E-state index < -0.39 is 5.41 Å². The Bertz CT molecular complexity index is 186. The number of nitrogens with two attached hydrogens (primary N) is 1. The SMILES string of the molecule is CCC(C)(CN)C(=O)OC(C)C(C)C. The van der Waals surface area contributed by atoms with E-state index in [2.05, 4.69) is 0 Å². The molecule has 0 aromatic rings. The molecule has 0 fully saturated rings. The Morgan fingerprint density at radius 1 is 1.43 bits per heavy atom. The van der Waals surface area contributed by atoms with Crippen LogP contribution in [0.4, 0.5) is 0 Å². The summed E-state index contributed by atoms with van der Waals surface area (Å²) < 4.78 is 5.34. The molecular weight excluding hydrogens is 178 g/mol. The third-order valence-corrected chi connectivity index (χ3v) is 2.96. The van der Waals surface area contributed by atoms with Crippen molar-refractivity contribution in [2.24, 2.45) is 17.1 Å². The predicted octanol–water partition coefficient (Wildman–Crippen LogP) is 1.95. The molecule has 0 amide bonds. The molecule has 0 spiro atoms. The van der Waals surface area contributed by atoms with Gasteiger partial charge in [0.05, 0.1) is 5.41 Å². The van der Waals surface area contributed by atoms with Gasteiger partial charge in [-0.15, -0.1) is 0 Å². The van der Waals surface area contributed by atoms with E-state index in [0.717, 1.165) is 0 Å². The first-order valence-corrected chi connectivity index (χ1v) is 5.28. The predicted molar refractivity (Wildman–Crippen MR) is 57.8 cm³/mol. The van der Waals surface area contributed by atoms with Crippen LogP contribution in [0.2, 0.25) is 0 Å². The first-order valence-electron chi connectivity index (χ1n) is 5.28. The van der Waals surface area contributed by atoms with E-state index in [1.54, 1.807) is 0 Å². The van der Waals surface area contributed by atoms with Crippen LogP contribution in [0.25, 0.3) is 0 Å². The number of carbonyl (C=O) groups is 1. The number of hydrogen-bond donors (Lipinski definition) is 1. The smallest absolute Gasteiger partial charge is 0.313 e. The van der Waals surface area contributed by atoms with Gasteiger partial charge in [0.15, 0.2) is 0 Å². The summed E-state index contributed by atoms with van der Waals surface area (Å²) in [6.07, 6.45) is 0.674. The fraction of sp³-hybridized carbons (Fsp3) is 0.909. The van der Waals surface area contributed by atoms with Gasteiger partial charge in [0.1, 0.15) is 6.10 Å². The molecule has 84 valence electrons. The lowest BCUT2D eigenvalue weighted by atomic mass is 9.88. The number of carbonyl (C=O) groups excluding carboxylic acids is 1. The van der Waals surface area contributed by atoms with Crippen LogP contribution >= 0.6 is 0 Å². The summed E-state index contributed by atoms with van der Waals surface area (Å²) in [4.78, 5) is 11.7. The first kappa shape index (κ1) is 13.4. The summed E-state index contributed by atoms with van der Waals surface area (Å²) in [6, 6.07) is 0. The molecule has 0 aliphatic heterocycles. The molecule has 0 radical (unpaired) electrons. The maximum absolute atomic E-state index is 11.7. The van der Waals surface area contributed by atoms with Gasteiger partial charge in [-0.25, -0.2) is 0 Å². The fourth-order valence-electron chi connectivity index (χ4n) is 0.819. The molecule has 2 atom stereocenters. The van der Waals surface area contributed by atoms with Crippen molar-refractivity contribution in [2.45, 2.75) is 47.1 Å². The van der Waals surface area contributed by atoms with Gasteiger partial charge in [0.25, 0.3) is 0 Å². The quantitative estimate of drug-likeness (QED) is 0.692. The fourth-order valence-corrected chi connectivity index (χ4v) is 0.819. The molecule has 0 bridgehead atoms. The molecule has 0 heterocycles. The number of ether oxygens (including phenoxy) is 1. The molecule has 0 aliphatic carbocycles. The first-order chi connectivity index (χ1) is 6.37. The zero-order valence-electron chi connectivity index (χ0n) is 9.96. The summed E-state index contributed by atoms with van der Waals surface area (Å²) in [5.41, 5.74) is 5.04. The Hall–Kier alpha value is -0.570. The molecule has 3 nitrogen and oxygen atoms in total. The van der Waals surface area contributed by atoms with Crippen molar-refractivity contribution in [3.63, 3.8) is 0 Å². The molecule has 0 aromatic carbocycles. The molecule has 2 unspecified atom stereocenters. The van der Waals surface area contributed by atoms with Crippen molar-refractivity contribution in [1.82, 2.24) is 0 Å². The second kappa shape index (κ2) is 5.35. The Morgan fingerprint density at radius 3 is 2.21 bits per heavy atom. The van der Waals surface area contributed by atoms with Gasteiger partial charge >= 0.3 is 5.97 Å². The highest BCUT2D eigenvalue weighted by Gasteiger charge is 2.32. The second-order valence-corrected chi connectivity index (χ2v) is 4.47. The average molecular weight is 201 g/mol. The molecular formula is C11H23NO2. The number of rotatable bonds is 5. The molecule has 0 aromatic heterocycles. The van der Waals surface area contributed by atoms with Gasteiger partial charge in [-0.3, -0.25) is 4.79 Å². The van der Waals surface area contributed by atoms with Crippen molar-refractivity contribution < 1.29 is 9.53 Å². The van der Waals surface area contributed by atoms with Gasteiger partial charge in [0, 0.05) is 6.54 Å². The van der Waals surface area contributed by atoms with Crippen molar-refractivity contribution in [3.8, 4) is 0 Å². The van der Waals surface area contributed by atoms with Crippen LogP contribution in [-0.2, 0) is 9.53 Å². The van der Waals surface area contributed by atoms with E-state index in [1.807, 2.05) is 34.6 Å². The van der Waals surface area contributed by atoms with Gasteiger partial charge in [-0.05, 0) is 26.2 Å². The van der Waals surface area contributed by atoms with E-state index in [4.69, 9.17) is 10.5 Å². The van der Waals surface area contributed by atoms with E-state index in [-0.39, 0.29) is 12.1 Å². The topological polar surface area (TPSA) is 52.3 Å². The van der Waals surface area contributed by atoms with Gasteiger partial charge in [-0.2, -0.15) is 0 Å². The molecule has 0 rings (SSSR count). The van der Waals surface area contributed by atoms with Crippen molar-refractivity contribution in [2.75, 3.05) is 6.54 Å². The lowest BCUT2D eigenvalue weighted by Crippen LogP contribution is -2.39. The Morgan fingerprint density at radius 2 is 1.93 bits per heavy atom. The molecule has 14 heavy (non-hydrogen) atoms. The number of esters is 1. The molecule has 0 saturated carbocycles. The minimum absolute atomic E-state index is 0.0417. The van der Waals surface area contributed by atoms with Gasteiger partial charge in [0.2, 0.25) is 0 Å². The Kier molecular flexibility index (Phi) is 5.13. The average Bonchev–Trinajstić information content (AvgIpc) is 2.16. The zero-order chi connectivity index (χ0) is 11.4. The van der Waals surface area contributed by atoms with Gasteiger partial charge < -0.3 is 10.5 Å². The van der Waals surface area contributed by atoms with Crippen LogP contribution in [0, 0.1) is 11.3 Å².